The highest BCUT2D eigenvalue weighted by atomic mass is 79.9. The number of nitrogens with zero attached hydrogens (tertiary/aromatic N) is 1. The van der Waals surface area contributed by atoms with Crippen LogP contribution in [0.1, 0.15) is 26.7 Å². The Kier molecular flexibility index (Phi) is 7.06. The number of amides is 3. The summed E-state index contributed by atoms with van der Waals surface area (Å²) in [5.41, 5.74) is 6.86. The molecule has 1 aromatic carbocycles. The van der Waals surface area contributed by atoms with Crippen molar-refractivity contribution in [3.8, 4) is 0 Å². The van der Waals surface area contributed by atoms with Crippen molar-refractivity contribution < 1.29 is 19.1 Å². The van der Waals surface area contributed by atoms with Gasteiger partial charge in [0, 0.05) is 11.0 Å². The maximum absolute atomic E-state index is 13.0. The largest absolute Gasteiger partial charge is 0.453 e. The fraction of sp³-hybridized carbons (Fsp3) is 0.500. The topological polar surface area (TPSA) is 114 Å². The molecule has 0 aliphatic carbocycles. The SMILES string of the molecule is COC(=O)NC(C(=O)N1CCCC1C(=O)Nc1ccc(Br)cc1N)C(C)C. The number of nitrogens with two attached hydrogens (primary N) is 1. The molecule has 1 aromatic rings. The lowest BCUT2D eigenvalue weighted by Gasteiger charge is -2.30. The van der Waals surface area contributed by atoms with Crippen LogP contribution in [0.25, 0.3) is 0 Å². The van der Waals surface area contributed by atoms with Crippen molar-refractivity contribution in [2.24, 2.45) is 5.92 Å². The van der Waals surface area contributed by atoms with Gasteiger partial charge in [0.25, 0.3) is 0 Å². The van der Waals surface area contributed by atoms with E-state index in [1.807, 2.05) is 13.8 Å². The van der Waals surface area contributed by atoms with Gasteiger partial charge in [0.05, 0.1) is 18.5 Å². The van der Waals surface area contributed by atoms with Gasteiger partial charge in [-0.2, -0.15) is 0 Å². The maximum atomic E-state index is 13.0. The third-order valence-corrected chi connectivity index (χ3v) is 4.99. The zero-order chi connectivity index (χ0) is 20.1. The maximum Gasteiger partial charge on any atom is 0.407 e. The van der Waals surface area contributed by atoms with Gasteiger partial charge in [-0.3, -0.25) is 9.59 Å². The van der Waals surface area contributed by atoms with Crippen LogP contribution in [0.4, 0.5) is 16.2 Å². The minimum absolute atomic E-state index is 0.150. The van der Waals surface area contributed by atoms with E-state index in [2.05, 4.69) is 31.3 Å². The molecule has 2 rings (SSSR count). The summed E-state index contributed by atoms with van der Waals surface area (Å²) in [6.07, 6.45) is 0.588. The minimum atomic E-state index is -0.761. The fourth-order valence-corrected chi connectivity index (χ4v) is 3.42. The van der Waals surface area contributed by atoms with Crippen molar-refractivity contribution in [3.05, 3.63) is 22.7 Å². The third kappa shape index (κ3) is 5.12. The summed E-state index contributed by atoms with van der Waals surface area (Å²) in [4.78, 5) is 38.8. The molecule has 4 N–H and O–H groups in total. The number of alkyl carbamates (subject to hydrolysis) is 1. The Morgan fingerprint density at radius 1 is 1.33 bits per heavy atom. The normalized spacial score (nSPS) is 17.5. The minimum Gasteiger partial charge on any atom is -0.453 e. The van der Waals surface area contributed by atoms with Crippen LogP contribution < -0.4 is 16.4 Å². The number of rotatable bonds is 5. The van der Waals surface area contributed by atoms with Gasteiger partial charge < -0.3 is 26.0 Å². The number of anilines is 2. The van der Waals surface area contributed by atoms with Crippen molar-refractivity contribution in [2.75, 3.05) is 24.7 Å². The molecule has 1 saturated heterocycles. The molecule has 8 nitrogen and oxygen atoms in total. The summed E-state index contributed by atoms with van der Waals surface area (Å²) in [5, 5.41) is 5.35. The number of ether oxygens (including phenoxy) is 1. The summed E-state index contributed by atoms with van der Waals surface area (Å²) < 4.78 is 5.41. The molecule has 2 atom stereocenters. The molecule has 1 fully saturated rings. The number of hydrogen-bond acceptors (Lipinski definition) is 5. The molecule has 2 unspecified atom stereocenters. The molecule has 148 valence electrons. The van der Waals surface area contributed by atoms with Crippen LogP contribution >= 0.6 is 15.9 Å². The Morgan fingerprint density at radius 2 is 2.04 bits per heavy atom. The Labute approximate surface area is 166 Å². The van der Waals surface area contributed by atoms with Gasteiger partial charge in [-0.1, -0.05) is 29.8 Å². The molecule has 9 heteroatoms. The van der Waals surface area contributed by atoms with Crippen LogP contribution in [0.15, 0.2) is 22.7 Å². The number of carbonyl (C=O) groups is 3. The molecule has 0 spiro atoms. The van der Waals surface area contributed by atoms with E-state index in [9.17, 15) is 14.4 Å². The molecule has 1 aliphatic heterocycles. The van der Waals surface area contributed by atoms with E-state index in [0.717, 1.165) is 4.47 Å². The highest BCUT2D eigenvalue weighted by Crippen LogP contribution is 2.26. The van der Waals surface area contributed by atoms with E-state index in [4.69, 9.17) is 5.73 Å². The van der Waals surface area contributed by atoms with Crippen molar-refractivity contribution >= 4 is 45.2 Å². The number of nitrogens with one attached hydrogen (secondary N) is 2. The monoisotopic (exact) mass is 440 g/mol. The molecule has 0 bridgehead atoms. The van der Waals surface area contributed by atoms with Crippen LogP contribution in [0.3, 0.4) is 0 Å². The number of nitrogen functional groups attached to an aromatic ring is 1. The molecule has 0 saturated carbocycles. The molecule has 1 heterocycles. The first-order chi connectivity index (χ1) is 12.7. The van der Waals surface area contributed by atoms with E-state index in [0.29, 0.717) is 30.8 Å². The lowest BCUT2D eigenvalue weighted by molar-refractivity contribution is -0.139. The summed E-state index contributed by atoms with van der Waals surface area (Å²) >= 11 is 3.32. The fourth-order valence-electron chi connectivity index (χ4n) is 3.04. The van der Waals surface area contributed by atoms with Crippen LogP contribution in [-0.2, 0) is 14.3 Å². The number of hydrogen-bond donors (Lipinski definition) is 3. The van der Waals surface area contributed by atoms with Crippen LogP contribution in [0.5, 0.6) is 0 Å². The highest BCUT2D eigenvalue weighted by Gasteiger charge is 2.38. The van der Waals surface area contributed by atoms with Crippen LogP contribution in [0, 0.1) is 5.92 Å². The first kappa shape index (κ1) is 21.0. The second-order valence-corrected chi connectivity index (χ2v) is 7.68. The molecule has 1 aliphatic rings. The molecular weight excluding hydrogens is 416 g/mol. The first-order valence-corrected chi connectivity index (χ1v) is 9.54. The quantitative estimate of drug-likeness (QED) is 0.607. The van der Waals surface area contributed by atoms with Crippen molar-refractivity contribution in [1.29, 1.82) is 0 Å². The molecule has 0 radical (unpaired) electrons. The standard InChI is InChI=1S/C18H25BrN4O4/c1-10(2)15(22-18(26)27-3)17(25)23-8-4-5-14(23)16(24)21-13-7-6-11(19)9-12(13)20/h6-7,9-10,14-15H,4-5,8,20H2,1-3H3,(H,21,24)(H,22,26). The van der Waals surface area contributed by atoms with Gasteiger partial charge in [0.2, 0.25) is 11.8 Å². The number of halogens is 1. The Morgan fingerprint density at radius 3 is 2.63 bits per heavy atom. The van der Waals surface area contributed by atoms with Gasteiger partial charge in [0.1, 0.15) is 12.1 Å². The lowest BCUT2D eigenvalue weighted by Crippen LogP contribution is -2.54. The third-order valence-electron chi connectivity index (χ3n) is 4.50. The first-order valence-electron chi connectivity index (χ1n) is 8.75. The van der Waals surface area contributed by atoms with Crippen molar-refractivity contribution in [3.63, 3.8) is 0 Å². The van der Waals surface area contributed by atoms with E-state index in [1.54, 1.807) is 18.2 Å². The summed E-state index contributed by atoms with van der Waals surface area (Å²) in [6, 6.07) is 3.81. The smallest absolute Gasteiger partial charge is 0.407 e. The highest BCUT2D eigenvalue weighted by molar-refractivity contribution is 9.10. The summed E-state index contributed by atoms with van der Waals surface area (Å²) in [5.74, 6) is -0.740. The van der Waals surface area contributed by atoms with E-state index in [-0.39, 0.29) is 17.7 Å². The summed E-state index contributed by atoms with van der Waals surface area (Å²) in [6.45, 7) is 4.11. The van der Waals surface area contributed by atoms with Gasteiger partial charge in [-0.05, 0) is 37.0 Å². The van der Waals surface area contributed by atoms with Gasteiger partial charge in [-0.15, -0.1) is 0 Å². The second kappa shape index (κ2) is 9.07. The van der Waals surface area contributed by atoms with E-state index < -0.39 is 18.2 Å². The number of likely N-dealkylation sites (tertiary alicyclic amines) is 1. The Balaban J connectivity index is 2.13. The Hall–Kier alpha value is -2.29. The van der Waals surface area contributed by atoms with Gasteiger partial charge in [-0.25, -0.2) is 4.79 Å². The van der Waals surface area contributed by atoms with Crippen molar-refractivity contribution in [1.82, 2.24) is 10.2 Å². The Bertz CT molecular complexity index is 725. The molecule has 3 amide bonds. The van der Waals surface area contributed by atoms with Crippen molar-refractivity contribution in [2.45, 2.75) is 38.8 Å². The summed E-state index contributed by atoms with van der Waals surface area (Å²) in [7, 11) is 1.24. The van der Waals surface area contributed by atoms with E-state index >= 15 is 0 Å². The average molecular weight is 441 g/mol. The molecule has 27 heavy (non-hydrogen) atoms. The zero-order valence-electron chi connectivity index (χ0n) is 15.6. The number of benzene rings is 1. The molecular formula is C18H25BrN4O4. The zero-order valence-corrected chi connectivity index (χ0v) is 17.2. The van der Waals surface area contributed by atoms with E-state index in [1.165, 1.54) is 12.0 Å². The second-order valence-electron chi connectivity index (χ2n) is 6.77. The average Bonchev–Trinajstić information content (AvgIpc) is 3.10. The lowest BCUT2D eigenvalue weighted by atomic mass is 10.0. The van der Waals surface area contributed by atoms with Gasteiger partial charge in [0.15, 0.2) is 0 Å². The van der Waals surface area contributed by atoms with Crippen LogP contribution in [-0.4, -0.2) is 48.5 Å². The predicted molar refractivity (Wildman–Crippen MR) is 106 cm³/mol. The number of methoxy groups -OCH3 is 1. The number of carbonyl (C=O) groups excluding carboxylic acids is 3. The molecule has 0 aromatic heterocycles. The van der Waals surface area contributed by atoms with Crippen LogP contribution in [0.2, 0.25) is 0 Å². The van der Waals surface area contributed by atoms with Gasteiger partial charge >= 0.3 is 6.09 Å². The predicted octanol–water partition coefficient (Wildman–Crippen LogP) is 2.34.